The molecule has 0 atom stereocenters. The van der Waals surface area contributed by atoms with E-state index in [0.717, 1.165) is 0 Å². The number of hydrogen-bond acceptors (Lipinski definition) is 2. The van der Waals surface area contributed by atoms with Crippen LogP contribution in [-0.2, 0) is 0 Å². The summed E-state index contributed by atoms with van der Waals surface area (Å²) in [4.78, 5) is 23.6. The van der Waals surface area contributed by atoms with E-state index in [4.69, 9.17) is 0 Å². The molecule has 100 valence electrons. The summed E-state index contributed by atoms with van der Waals surface area (Å²) < 4.78 is 0. The van der Waals surface area contributed by atoms with Crippen molar-refractivity contribution in [3.8, 4) is 0 Å². The van der Waals surface area contributed by atoms with Crippen molar-refractivity contribution in [2.75, 3.05) is 0 Å². The van der Waals surface area contributed by atoms with Crippen LogP contribution in [0.5, 0.6) is 0 Å². The third-order valence-corrected chi connectivity index (χ3v) is 2.51. The SMILES string of the molecule is Br.Br.O=C(CC(=O)c1ccccc1)c1ccccc1. The molecule has 0 radical (unpaired) electrons. The second-order valence-corrected chi connectivity index (χ2v) is 3.76. The molecule has 0 amide bonds. The maximum absolute atomic E-state index is 11.8. The van der Waals surface area contributed by atoms with Crippen LogP contribution < -0.4 is 0 Å². The van der Waals surface area contributed by atoms with Gasteiger partial charge >= 0.3 is 0 Å². The second kappa shape index (κ2) is 8.77. The Bertz CT molecular complexity index is 475. The summed E-state index contributed by atoms with van der Waals surface area (Å²) in [6.07, 6.45) is -0.0754. The van der Waals surface area contributed by atoms with Gasteiger partial charge in [-0.25, -0.2) is 0 Å². The molecule has 0 saturated heterocycles. The molecule has 0 fully saturated rings. The summed E-state index contributed by atoms with van der Waals surface area (Å²) in [5.41, 5.74) is 1.16. The molecule has 0 aliphatic heterocycles. The molecule has 0 spiro atoms. The largest absolute Gasteiger partial charge is 0.294 e. The maximum atomic E-state index is 11.8. The zero-order valence-electron chi connectivity index (χ0n) is 10.1. The van der Waals surface area contributed by atoms with Gasteiger partial charge in [-0.2, -0.15) is 0 Å². The fourth-order valence-corrected chi connectivity index (χ4v) is 1.60. The molecule has 2 aromatic carbocycles. The first-order valence-corrected chi connectivity index (χ1v) is 5.44. The predicted molar refractivity (Wildman–Crippen MR) is 86.8 cm³/mol. The van der Waals surface area contributed by atoms with Crippen LogP contribution in [0.15, 0.2) is 60.7 Å². The summed E-state index contributed by atoms with van der Waals surface area (Å²) in [6, 6.07) is 17.7. The fraction of sp³-hybridized carbons (Fsp3) is 0.0667. The Morgan fingerprint density at radius 3 is 1.26 bits per heavy atom. The van der Waals surface area contributed by atoms with Gasteiger partial charge in [0.25, 0.3) is 0 Å². The molecular weight excluding hydrogens is 372 g/mol. The molecule has 0 aromatic heterocycles. The predicted octanol–water partition coefficient (Wildman–Crippen LogP) is 4.30. The van der Waals surface area contributed by atoms with Crippen LogP contribution in [0.3, 0.4) is 0 Å². The summed E-state index contributed by atoms with van der Waals surface area (Å²) in [5.74, 6) is -0.279. The number of carbonyl (C=O) groups is 2. The highest BCUT2D eigenvalue weighted by Crippen LogP contribution is 2.08. The molecule has 0 heterocycles. The number of hydrogen-bond donors (Lipinski definition) is 0. The van der Waals surface area contributed by atoms with E-state index >= 15 is 0 Å². The van der Waals surface area contributed by atoms with Crippen LogP contribution in [0.1, 0.15) is 27.1 Å². The monoisotopic (exact) mass is 384 g/mol. The molecule has 0 aliphatic rings. The first-order chi connectivity index (χ1) is 8.27. The Labute approximate surface area is 133 Å². The van der Waals surface area contributed by atoms with Crippen molar-refractivity contribution in [1.29, 1.82) is 0 Å². The van der Waals surface area contributed by atoms with Crippen molar-refractivity contribution in [3.63, 3.8) is 0 Å². The Morgan fingerprint density at radius 2 is 0.947 bits per heavy atom. The van der Waals surface area contributed by atoms with Gasteiger partial charge in [-0.1, -0.05) is 60.7 Å². The Balaban J connectivity index is 0.00000162. The van der Waals surface area contributed by atoms with E-state index < -0.39 is 0 Å². The molecular formula is C15H14Br2O2. The highest BCUT2D eigenvalue weighted by Gasteiger charge is 2.12. The molecule has 2 nitrogen and oxygen atoms in total. The van der Waals surface area contributed by atoms with Crippen molar-refractivity contribution < 1.29 is 9.59 Å². The molecule has 0 unspecified atom stereocenters. The van der Waals surface area contributed by atoms with Gasteiger partial charge in [-0.3, -0.25) is 9.59 Å². The lowest BCUT2D eigenvalue weighted by molar-refractivity contribution is 0.0894. The van der Waals surface area contributed by atoms with Gasteiger partial charge in [-0.15, -0.1) is 34.0 Å². The molecule has 4 heteroatoms. The van der Waals surface area contributed by atoms with Gasteiger partial charge in [0, 0.05) is 11.1 Å². The number of halogens is 2. The van der Waals surface area contributed by atoms with Crippen LogP contribution in [0.4, 0.5) is 0 Å². The summed E-state index contributed by atoms with van der Waals surface area (Å²) in [5, 5.41) is 0. The number of carbonyl (C=O) groups excluding carboxylic acids is 2. The highest BCUT2D eigenvalue weighted by atomic mass is 79.9. The Hall–Kier alpha value is -1.26. The van der Waals surface area contributed by atoms with Gasteiger partial charge in [-0.05, 0) is 0 Å². The maximum Gasteiger partial charge on any atom is 0.170 e. The quantitative estimate of drug-likeness (QED) is 0.580. The van der Waals surface area contributed by atoms with Crippen LogP contribution in [-0.4, -0.2) is 11.6 Å². The van der Waals surface area contributed by atoms with E-state index in [9.17, 15) is 9.59 Å². The van der Waals surface area contributed by atoms with E-state index in [0.29, 0.717) is 11.1 Å². The van der Waals surface area contributed by atoms with E-state index in [2.05, 4.69) is 0 Å². The van der Waals surface area contributed by atoms with Gasteiger partial charge in [0.1, 0.15) is 0 Å². The lowest BCUT2D eigenvalue weighted by Crippen LogP contribution is -2.08. The average molecular weight is 386 g/mol. The van der Waals surface area contributed by atoms with Crippen LogP contribution in [0.2, 0.25) is 0 Å². The third-order valence-electron chi connectivity index (χ3n) is 2.51. The van der Waals surface area contributed by atoms with Crippen molar-refractivity contribution in [1.82, 2.24) is 0 Å². The minimum Gasteiger partial charge on any atom is -0.294 e. The lowest BCUT2D eigenvalue weighted by atomic mass is 10.0. The topological polar surface area (TPSA) is 34.1 Å². The minimum atomic E-state index is -0.139. The Morgan fingerprint density at radius 1 is 0.632 bits per heavy atom. The number of rotatable bonds is 4. The normalized spacial score (nSPS) is 8.84. The van der Waals surface area contributed by atoms with Gasteiger partial charge in [0.05, 0.1) is 6.42 Å². The first kappa shape index (κ1) is 17.7. The lowest BCUT2D eigenvalue weighted by Gasteiger charge is -2.00. The fourth-order valence-electron chi connectivity index (χ4n) is 1.60. The first-order valence-electron chi connectivity index (χ1n) is 5.44. The van der Waals surface area contributed by atoms with E-state index in [1.807, 2.05) is 12.1 Å². The smallest absolute Gasteiger partial charge is 0.170 e. The van der Waals surface area contributed by atoms with Crippen molar-refractivity contribution in [3.05, 3.63) is 71.8 Å². The van der Waals surface area contributed by atoms with Crippen molar-refractivity contribution in [2.24, 2.45) is 0 Å². The molecule has 2 rings (SSSR count). The average Bonchev–Trinajstić information content (AvgIpc) is 2.40. The summed E-state index contributed by atoms with van der Waals surface area (Å²) >= 11 is 0. The Kier molecular flexibility index (Phi) is 8.19. The highest BCUT2D eigenvalue weighted by molar-refractivity contribution is 8.93. The van der Waals surface area contributed by atoms with Crippen LogP contribution >= 0.6 is 34.0 Å². The summed E-state index contributed by atoms with van der Waals surface area (Å²) in [6.45, 7) is 0. The van der Waals surface area contributed by atoms with Crippen molar-refractivity contribution in [2.45, 2.75) is 6.42 Å². The van der Waals surface area contributed by atoms with Crippen molar-refractivity contribution >= 4 is 45.5 Å². The van der Waals surface area contributed by atoms with Gasteiger partial charge < -0.3 is 0 Å². The van der Waals surface area contributed by atoms with E-state index in [1.165, 1.54) is 0 Å². The molecule has 0 saturated carbocycles. The molecule has 2 aromatic rings. The van der Waals surface area contributed by atoms with E-state index in [1.54, 1.807) is 48.5 Å². The van der Waals surface area contributed by atoms with Gasteiger partial charge in [0.2, 0.25) is 0 Å². The minimum absolute atomic E-state index is 0. The number of Topliss-reactive ketones (excluding diaryl/α,β-unsaturated/α-hetero) is 2. The summed E-state index contributed by atoms with van der Waals surface area (Å²) in [7, 11) is 0. The zero-order chi connectivity index (χ0) is 12.1. The number of benzene rings is 2. The molecule has 0 N–H and O–H groups in total. The van der Waals surface area contributed by atoms with Crippen LogP contribution in [0.25, 0.3) is 0 Å². The number of ketones is 2. The van der Waals surface area contributed by atoms with Crippen LogP contribution in [0, 0.1) is 0 Å². The third kappa shape index (κ3) is 5.09. The zero-order valence-corrected chi connectivity index (χ0v) is 13.5. The van der Waals surface area contributed by atoms with E-state index in [-0.39, 0.29) is 52.0 Å². The molecule has 0 aliphatic carbocycles. The standard InChI is InChI=1S/C15H12O2.2BrH/c16-14(12-7-3-1-4-8-12)11-15(17)13-9-5-2-6-10-13;;/h1-10H,11H2;2*1H. The second-order valence-electron chi connectivity index (χ2n) is 3.76. The molecule has 0 bridgehead atoms. The van der Waals surface area contributed by atoms with Gasteiger partial charge in [0.15, 0.2) is 11.6 Å². The molecule has 19 heavy (non-hydrogen) atoms.